The summed E-state index contributed by atoms with van der Waals surface area (Å²) in [4.78, 5) is 12.1. The van der Waals surface area contributed by atoms with Gasteiger partial charge in [-0.05, 0) is 37.6 Å². The van der Waals surface area contributed by atoms with E-state index in [0.29, 0.717) is 6.04 Å². The van der Waals surface area contributed by atoms with Gasteiger partial charge in [0, 0.05) is 12.6 Å². The van der Waals surface area contributed by atoms with Gasteiger partial charge in [0.25, 0.3) is 0 Å². The molecule has 1 aliphatic carbocycles. The molecule has 92 valence electrons. The van der Waals surface area contributed by atoms with E-state index in [0.717, 1.165) is 32.4 Å². The van der Waals surface area contributed by atoms with Gasteiger partial charge >= 0.3 is 0 Å². The van der Waals surface area contributed by atoms with Crippen molar-refractivity contribution in [2.24, 2.45) is 11.3 Å². The van der Waals surface area contributed by atoms with Crippen LogP contribution in [0, 0.1) is 11.3 Å². The van der Waals surface area contributed by atoms with Crippen LogP contribution in [-0.2, 0) is 4.79 Å². The zero-order valence-corrected chi connectivity index (χ0v) is 10.5. The lowest BCUT2D eigenvalue weighted by Gasteiger charge is -2.30. The smallest absolute Gasteiger partial charge is 0.224 e. The van der Waals surface area contributed by atoms with E-state index in [1.54, 1.807) is 0 Å². The van der Waals surface area contributed by atoms with Gasteiger partial charge in [-0.2, -0.15) is 0 Å². The Bertz CT molecular complexity index is 257. The molecule has 0 bridgehead atoms. The molecule has 1 unspecified atom stereocenters. The molecule has 2 fully saturated rings. The minimum absolute atomic E-state index is 0.199. The Morgan fingerprint density at radius 2 is 2.12 bits per heavy atom. The number of carbonyl (C=O) groups excluding carboxylic acids is 1. The summed E-state index contributed by atoms with van der Waals surface area (Å²) < 4.78 is 0. The molecule has 1 amide bonds. The highest BCUT2D eigenvalue weighted by atomic mass is 16.2. The molecule has 0 radical (unpaired) electrons. The van der Waals surface area contributed by atoms with Crippen LogP contribution >= 0.6 is 0 Å². The lowest BCUT2D eigenvalue weighted by molar-refractivity contribution is -0.126. The first-order valence-electron chi connectivity index (χ1n) is 6.61. The van der Waals surface area contributed by atoms with Gasteiger partial charge in [-0.1, -0.05) is 20.3 Å². The van der Waals surface area contributed by atoms with Crippen molar-refractivity contribution in [3.63, 3.8) is 0 Å². The maximum Gasteiger partial charge on any atom is 0.224 e. The van der Waals surface area contributed by atoms with Crippen LogP contribution in [0.5, 0.6) is 0 Å². The third-order valence-corrected chi connectivity index (χ3v) is 4.24. The van der Waals surface area contributed by atoms with E-state index in [-0.39, 0.29) is 17.2 Å². The molecule has 1 saturated carbocycles. The molecule has 1 saturated heterocycles. The topological polar surface area (TPSA) is 41.1 Å². The van der Waals surface area contributed by atoms with Crippen molar-refractivity contribution < 1.29 is 4.79 Å². The van der Waals surface area contributed by atoms with E-state index in [4.69, 9.17) is 0 Å². The van der Waals surface area contributed by atoms with Crippen LogP contribution in [0.4, 0.5) is 0 Å². The van der Waals surface area contributed by atoms with Crippen LogP contribution in [0.1, 0.15) is 46.0 Å². The molecule has 1 aliphatic heterocycles. The van der Waals surface area contributed by atoms with Crippen molar-refractivity contribution in [3.05, 3.63) is 0 Å². The average Bonchev–Trinajstić information content (AvgIpc) is 2.59. The van der Waals surface area contributed by atoms with Crippen molar-refractivity contribution in [2.45, 2.75) is 52.0 Å². The van der Waals surface area contributed by atoms with Gasteiger partial charge in [-0.15, -0.1) is 0 Å². The van der Waals surface area contributed by atoms with Gasteiger partial charge in [0.1, 0.15) is 0 Å². The van der Waals surface area contributed by atoms with Gasteiger partial charge in [-0.25, -0.2) is 0 Å². The van der Waals surface area contributed by atoms with E-state index in [1.165, 1.54) is 12.8 Å². The van der Waals surface area contributed by atoms with Gasteiger partial charge in [0.05, 0.1) is 5.92 Å². The summed E-state index contributed by atoms with van der Waals surface area (Å²) in [5.41, 5.74) is 0.289. The summed E-state index contributed by atoms with van der Waals surface area (Å²) in [6.45, 7) is 6.46. The molecule has 0 aromatic rings. The monoisotopic (exact) mass is 224 g/mol. The van der Waals surface area contributed by atoms with Crippen molar-refractivity contribution in [1.82, 2.24) is 10.6 Å². The van der Waals surface area contributed by atoms with Crippen LogP contribution in [0.3, 0.4) is 0 Å². The standard InChI is InChI=1S/C13H24N2O/c1-13(2)7-3-6-11(13)15-12(16)10-5-4-8-14-9-10/h10-11,14H,3-9H2,1-2H3,(H,15,16)/t10-,11?/m1/s1. The number of piperidine rings is 1. The Morgan fingerprint density at radius 3 is 2.69 bits per heavy atom. The van der Waals surface area contributed by atoms with E-state index >= 15 is 0 Å². The molecular weight excluding hydrogens is 200 g/mol. The third-order valence-electron chi connectivity index (χ3n) is 4.24. The molecule has 3 nitrogen and oxygen atoms in total. The van der Waals surface area contributed by atoms with Gasteiger partial charge in [-0.3, -0.25) is 4.79 Å². The minimum atomic E-state index is 0.199. The number of rotatable bonds is 2. The second kappa shape index (κ2) is 4.74. The first kappa shape index (κ1) is 11.9. The lowest BCUT2D eigenvalue weighted by Crippen LogP contribution is -2.47. The minimum Gasteiger partial charge on any atom is -0.353 e. The van der Waals surface area contributed by atoms with Gasteiger partial charge in [0.2, 0.25) is 5.91 Å². The number of hydrogen-bond acceptors (Lipinski definition) is 2. The number of amides is 1. The molecule has 0 spiro atoms. The maximum atomic E-state index is 12.1. The molecule has 2 aliphatic rings. The quantitative estimate of drug-likeness (QED) is 0.749. The molecule has 1 heterocycles. The maximum absolute atomic E-state index is 12.1. The fourth-order valence-electron chi connectivity index (χ4n) is 2.96. The Balaban J connectivity index is 1.86. The normalized spacial score (nSPS) is 33.6. The van der Waals surface area contributed by atoms with Gasteiger partial charge < -0.3 is 10.6 Å². The van der Waals surface area contributed by atoms with E-state index < -0.39 is 0 Å². The van der Waals surface area contributed by atoms with Gasteiger partial charge in [0.15, 0.2) is 0 Å². The number of hydrogen-bond donors (Lipinski definition) is 2. The summed E-state index contributed by atoms with van der Waals surface area (Å²) in [5, 5.41) is 6.56. The predicted molar refractivity (Wildman–Crippen MR) is 65.2 cm³/mol. The number of nitrogens with one attached hydrogen (secondary N) is 2. The van der Waals surface area contributed by atoms with Crippen molar-refractivity contribution in [1.29, 1.82) is 0 Å². The first-order chi connectivity index (χ1) is 7.59. The Kier molecular flexibility index (Phi) is 3.53. The molecule has 2 atom stereocenters. The molecule has 0 aromatic carbocycles. The summed E-state index contributed by atoms with van der Waals surface area (Å²) in [6.07, 6.45) is 5.82. The fraction of sp³-hybridized carbons (Fsp3) is 0.923. The molecular formula is C13H24N2O. The zero-order chi connectivity index (χ0) is 11.6. The Hall–Kier alpha value is -0.570. The SMILES string of the molecule is CC1(C)CCCC1NC(=O)[C@@H]1CCCNC1. The highest BCUT2D eigenvalue weighted by Crippen LogP contribution is 2.37. The van der Waals surface area contributed by atoms with E-state index in [1.807, 2.05) is 0 Å². The molecule has 2 rings (SSSR count). The zero-order valence-electron chi connectivity index (χ0n) is 10.5. The van der Waals surface area contributed by atoms with Crippen molar-refractivity contribution in [2.75, 3.05) is 13.1 Å². The lowest BCUT2D eigenvalue weighted by atomic mass is 9.87. The third kappa shape index (κ3) is 2.57. The second-order valence-corrected chi connectivity index (χ2v) is 5.99. The van der Waals surface area contributed by atoms with Crippen LogP contribution < -0.4 is 10.6 Å². The summed E-state index contributed by atoms with van der Waals surface area (Å²) in [7, 11) is 0. The average molecular weight is 224 g/mol. The molecule has 16 heavy (non-hydrogen) atoms. The molecule has 3 heteroatoms. The van der Waals surface area contributed by atoms with Crippen molar-refractivity contribution in [3.8, 4) is 0 Å². The largest absolute Gasteiger partial charge is 0.353 e. The first-order valence-corrected chi connectivity index (χ1v) is 6.61. The van der Waals surface area contributed by atoms with Crippen LogP contribution in [0.2, 0.25) is 0 Å². The summed E-state index contributed by atoms with van der Waals surface area (Å²) in [6, 6.07) is 0.391. The summed E-state index contributed by atoms with van der Waals surface area (Å²) >= 11 is 0. The summed E-state index contributed by atoms with van der Waals surface area (Å²) in [5.74, 6) is 0.470. The predicted octanol–water partition coefficient (Wildman–Crippen LogP) is 1.68. The fourth-order valence-corrected chi connectivity index (χ4v) is 2.96. The Morgan fingerprint density at radius 1 is 1.31 bits per heavy atom. The highest BCUT2D eigenvalue weighted by molar-refractivity contribution is 5.79. The molecule has 0 aromatic heterocycles. The van der Waals surface area contributed by atoms with Crippen LogP contribution in [-0.4, -0.2) is 25.0 Å². The van der Waals surface area contributed by atoms with E-state index in [9.17, 15) is 4.79 Å². The van der Waals surface area contributed by atoms with Crippen LogP contribution in [0.25, 0.3) is 0 Å². The molecule has 2 N–H and O–H groups in total. The Labute approximate surface area is 98.4 Å². The van der Waals surface area contributed by atoms with E-state index in [2.05, 4.69) is 24.5 Å². The van der Waals surface area contributed by atoms with Crippen LogP contribution in [0.15, 0.2) is 0 Å². The number of carbonyl (C=O) groups is 1. The second-order valence-electron chi connectivity index (χ2n) is 5.99. The highest BCUT2D eigenvalue weighted by Gasteiger charge is 2.36. The van der Waals surface area contributed by atoms with Crippen molar-refractivity contribution >= 4 is 5.91 Å².